The Labute approximate surface area is 105 Å². The number of hydrogen-bond acceptors (Lipinski definition) is 3. The van der Waals surface area contributed by atoms with E-state index < -0.39 is 0 Å². The number of hydrogen-bond donors (Lipinski definition) is 1. The Morgan fingerprint density at radius 2 is 2.12 bits per heavy atom. The first-order valence-corrected chi connectivity index (χ1v) is 7.80. The molecule has 1 N–H and O–H groups in total. The van der Waals surface area contributed by atoms with E-state index in [1.165, 1.54) is 38.1 Å². The van der Waals surface area contributed by atoms with Gasteiger partial charge in [0.05, 0.1) is 0 Å². The van der Waals surface area contributed by atoms with Gasteiger partial charge in [0.2, 0.25) is 0 Å². The van der Waals surface area contributed by atoms with Crippen LogP contribution < -0.4 is 5.32 Å². The lowest BCUT2D eigenvalue weighted by molar-refractivity contribution is 0.170. The summed E-state index contributed by atoms with van der Waals surface area (Å²) >= 11 is 2.14. The van der Waals surface area contributed by atoms with Crippen molar-refractivity contribution in [2.24, 2.45) is 5.92 Å². The van der Waals surface area contributed by atoms with E-state index in [4.69, 9.17) is 0 Å². The van der Waals surface area contributed by atoms with Crippen molar-refractivity contribution in [3.05, 3.63) is 0 Å². The fraction of sp³-hybridized carbons (Fsp3) is 1.00. The van der Waals surface area contributed by atoms with Gasteiger partial charge in [0, 0.05) is 36.2 Å². The Morgan fingerprint density at radius 3 is 2.88 bits per heavy atom. The Bertz CT molecular complexity index is 222. The third-order valence-electron chi connectivity index (χ3n) is 4.51. The highest BCUT2D eigenvalue weighted by Crippen LogP contribution is 2.30. The molecule has 0 amide bonds. The molecular weight excluding hydrogens is 216 g/mol. The summed E-state index contributed by atoms with van der Waals surface area (Å²) in [5.41, 5.74) is 0. The van der Waals surface area contributed by atoms with E-state index in [-0.39, 0.29) is 0 Å². The monoisotopic (exact) mass is 242 g/mol. The van der Waals surface area contributed by atoms with E-state index in [1.54, 1.807) is 0 Å². The van der Waals surface area contributed by atoms with Gasteiger partial charge >= 0.3 is 0 Å². The van der Waals surface area contributed by atoms with E-state index >= 15 is 0 Å². The zero-order valence-electron chi connectivity index (χ0n) is 10.9. The minimum atomic E-state index is 0.761. The Kier molecular flexibility index (Phi) is 4.57. The van der Waals surface area contributed by atoms with Gasteiger partial charge in [-0.3, -0.25) is 4.90 Å². The molecule has 1 saturated heterocycles. The predicted octanol–water partition coefficient (Wildman–Crippen LogP) is 2.20. The first kappa shape index (κ1) is 12.7. The van der Waals surface area contributed by atoms with Gasteiger partial charge in [0.25, 0.3) is 0 Å². The van der Waals surface area contributed by atoms with Crippen molar-refractivity contribution in [2.75, 3.05) is 25.9 Å². The van der Waals surface area contributed by atoms with Crippen LogP contribution in [0.2, 0.25) is 0 Å². The molecular formula is C13H26N2S. The van der Waals surface area contributed by atoms with Crippen LogP contribution in [0.3, 0.4) is 0 Å². The lowest BCUT2D eigenvalue weighted by Crippen LogP contribution is -2.48. The molecule has 4 atom stereocenters. The van der Waals surface area contributed by atoms with Crippen molar-refractivity contribution in [1.29, 1.82) is 0 Å². The average Bonchev–Trinajstić information content (AvgIpc) is 2.72. The molecule has 0 radical (unpaired) electrons. The predicted molar refractivity (Wildman–Crippen MR) is 73.1 cm³/mol. The van der Waals surface area contributed by atoms with Crippen molar-refractivity contribution in [2.45, 2.75) is 50.4 Å². The molecule has 2 fully saturated rings. The zero-order valence-corrected chi connectivity index (χ0v) is 11.7. The van der Waals surface area contributed by atoms with E-state index in [9.17, 15) is 0 Å². The fourth-order valence-corrected chi connectivity index (χ4v) is 4.35. The van der Waals surface area contributed by atoms with Crippen molar-refractivity contribution >= 4 is 11.8 Å². The zero-order chi connectivity index (χ0) is 11.5. The van der Waals surface area contributed by atoms with Gasteiger partial charge in [0.15, 0.2) is 0 Å². The first-order valence-electron chi connectivity index (χ1n) is 6.75. The molecule has 16 heavy (non-hydrogen) atoms. The van der Waals surface area contributed by atoms with Gasteiger partial charge in [-0.1, -0.05) is 13.3 Å². The SMILES string of the molecule is CNC1CCCC1CN1CCSC(C)C1C. The van der Waals surface area contributed by atoms with Gasteiger partial charge in [-0.05, 0) is 32.7 Å². The molecule has 0 aromatic heterocycles. The summed E-state index contributed by atoms with van der Waals surface area (Å²) in [6.45, 7) is 7.40. The third kappa shape index (κ3) is 2.74. The summed E-state index contributed by atoms with van der Waals surface area (Å²) in [5.74, 6) is 2.21. The van der Waals surface area contributed by atoms with Crippen molar-refractivity contribution in [3.8, 4) is 0 Å². The molecule has 2 aliphatic rings. The van der Waals surface area contributed by atoms with Crippen LogP contribution in [0.5, 0.6) is 0 Å². The second-order valence-electron chi connectivity index (χ2n) is 5.40. The van der Waals surface area contributed by atoms with Gasteiger partial charge in [-0.15, -0.1) is 0 Å². The molecule has 0 bridgehead atoms. The maximum absolute atomic E-state index is 3.50. The molecule has 1 saturated carbocycles. The molecule has 1 aliphatic carbocycles. The fourth-order valence-electron chi connectivity index (χ4n) is 3.19. The summed E-state index contributed by atoms with van der Waals surface area (Å²) in [5, 5.41) is 4.31. The number of rotatable bonds is 3. The van der Waals surface area contributed by atoms with Crippen LogP contribution >= 0.6 is 11.8 Å². The standard InChI is InChI=1S/C13H26N2S/c1-10-11(2)16-8-7-15(10)9-12-5-4-6-13(12)14-3/h10-14H,4-9H2,1-3H3. The lowest BCUT2D eigenvalue weighted by atomic mass is 10.0. The van der Waals surface area contributed by atoms with Crippen molar-refractivity contribution < 1.29 is 0 Å². The van der Waals surface area contributed by atoms with Crippen LogP contribution in [0.25, 0.3) is 0 Å². The molecule has 3 heteroatoms. The average molecular weight is 242 g/mol. The van der Waals surface area contributed by atoms with Gasteiger partial charge in [-0.25, -0.2) is 0 Å². The minimum absolute atomic E-state index is 0.761. The van der Waals surface area contributed by atoms with Crippen molar-refractivity contribution in [3.63, 3.8) is 0 Å². The second kappa shape index (κ2) is 5.74. The van der Waals surface area contributed by atoms with E-state index in [0.717, 1.165) is 23.3 Å². The topological polar surface area (TPSA) is 15.3 Å². The highest BCUT2D eigenvalue weighted by atomic mass is 32.2. The summed E-state index contributed by atoms with van der Waals surface area (Å²) in [7, 11) is 2.13. The molecule has 4 unspecified atom stereocenters. The lowest BCUT2D eigenvalue weighted by Gasteiger charge is -2.39. The Balaban J connectivity index is 1.88. The maximum atomic E-state index is 3.50. The second-order valence-corrected chi connectivity index (χ2v) is 6.88. The van der Waals surface area contributed by atoms with Gasteiger partial charge in [0.1, 0.15) is 0 Å². The smallest absolute Gasteiger partial charge is 0.0184 e. The van der Waals surface area contributed by atoms with E-state index in [0.29, 0.717) is 0 Å². The quantitative estimate of drug-likeness (QED) is 0.817. The van der Waals surface area contributed by atoms with E-state index in [2.05, 4.69) is 42.9 Å². The molecule has 2 nitrogen and oxygen atoms in total. The molecule has 2 rings (SSSR count). The first-order chi connectivity index (χ1) is 7.72. The summed E-state index contributed by atoms with van der Waals surface area (Å²) in [6.07, 6.45) is 4.23. The summed E-state index contributed by atoms with van der Waals surface area (Å²) in [6, 6.07) is 1.54. The Hall–Kier alpha value is 0.270. The number of thioether (sulfide) groups is 1. The maximum Gasteiger partial charge on any atom is 0.0184 e. The molecule has 0 spiro atoms. The molecule has 0 aromatic carbocycles. The molecule has 1 aliphatic heterocycles. The van der Waals surface area contributed by atoms with Crippen LogP contribution in [0.15, 0.2) is 0 Å². The van der Waals surface area contributed by atoms with Crippen LogP contribution in [-0.4, -0.2) is 48.1 Å². The van der Waals surface area contributed by atoms with E-state index in [1.807, 2.05) is 0 Å². The molecule has 94 valence electrons. The van der Waals surface area contributed by atoms with Gasteiger partial charge < -0.3 is 5.32 Å². The van der Waals surface area contributed by atoms with Crippen LogP contribution in [0.4, 0.5) is 0 Å². The molecule has 1 heterocycles. The minimum Gasteiger partial charge on any atom is -0.317 e. The number of nitrogens with one attached hydrogen (secondary N) is 1. The van der Waals surface area contributed by atoms with Crippen molar-refractivity contribution in [1.82, 2.24) is 10.2 Å². The third-order valence-corrected chi connectivity index (χ3v) is 5.85. The van der Waals surface area contributed by atoms with Crippen LogP contribution in [-0.2, 0) is 0 Å². The van der Waals surface area contributed by atoms with Crippen LogP contribution in [0.1, 0.15) is 33.1 Å². The normalized spacial score (nSPS) is 41.4. The number of nitrogens with zero attached hydrogens (tertiary/aromatic N) is 1. The Morgan fingerprint density at radius 1 is 1.31 bits per heavy atom. The van der Waals surface area contributed by atoms with Crippen LogP contribution in [0, 0.1) is 5.92 Å². The summed E-state index contributed by atoms with van der Waals surface area (Å²) in [4.78, 5) is 2.72. The molecule has 0 aromatic rings. The van der Waals surface area contributed by atoms with Gasteiger partial charge in [-0.2, -0.15) is 11.8 Å². The highest BCUT2D eigenvalue weighted by molar-refractivity contribution is 8.00. The summed E-state index contributed by atoms with van der Waals surface area (Å²) < 4.78 is 0. The largest absolute Gasteiger partial charge is 0.317 e. The highest BCUT2D eigenvalue weighted by Gasteiger charge is 2.31.